The molecule has 0 saturated carbocycles. The van der Waals surface area contributed by atoms with Gasteiger partial charge in [-0.15, -0.1) is 0 Å². The lowest BCUT2D eigenvalue weighted by Gasteiger charge is -2.09. The van der Waals surface area contributed by atoms with Gasteiger partial charge in [0.2, 0.25) is 5.91 Å². The lowest BCUT2D eigenvalue weighted by atomic mass is 10.1. The van der Waals surface area contributed by atoms with E-state index in [4.69, 9.17) is 10.3 Å². The Labute approximate surface area is 122 Å². The molecule has 0 radical (unpaired) electrons. The number of amides is 1. The molecule has 1 atom stereocenters. The van der Waals surface area contributed by atoms with E-state index in [0.717, 1.165) is 11.8 Å². The number of benzene rings is 1. The SMILES string of the molecule is CS(=O)(=O)C(CCc1cc(-c2ccccc2)on1)C(N)=O. The second-order valence-electron chi connectivity index (χ2n) is 4.81. The van der Waals surface area contributed by atoms with Crippen molar-refractivity contribution in [3.05, 3.63) is 42.1 Å². The van der Waals surface area contributed by atoms with Crippen LogP contribution < -0.4 is 5.73 Å². The molecule has 1 unspecified atom stereocenters. The predicted molar refractivity (Wildman–Crippen MR) is 78.1 cm³/mol. The highest BCUT2D eigenvalue weighted by Crippen LogP contribution is 2.21. The maximum atomic E-state index is 11.5. The molecule has 1 heterocycles. The van der Waals surface area contributed by atoms with E-state index in [9.17, 15) is 13.2 Å². The fraction of sp³-hybridized carbons (Fsp3) is 0.286. The molecular weight excluding hydrogens is 292 g/mol. The van der Waals surface area contributed by atoms with Gasteiger partial charge in [-0.1, -0.05) is 35.5 Å². The van der Waals surface area contributed by atoms with Crippen LogP contribution in [-0.4, -0.2) is 31.0 Å². The van der Waals surface area contributed by atoms with Crippen LogP contribution in [0.2, 0.25) is 0 Å². The van der Waals surface area contributed by atoms with Crippen molar-refractivity contribution in [3.63, 3.8) is 0 Å². The van der Waals surface area contributed by atoms with E-state index >= 15 is 0 Å². The highest BCUT2D eigenvalue weighted by molar-refractivity contribution is 7.92. The number of carbonyl (C=O) groups is 1. The summed E-state index contributed by atoms with van der Waals surface area (Å²) in [5.41, 5.74) is 6.59. The van der Waals surface area contributed by atoms with Gasteiger partial charge < -0.3 is 10.3 Å². The van der Waals surface area contributed by atoms with Gasteiger partial charge in [0, 0.05) is 17.9 Å². The fourth-order valence-corrected chi connectivity index (χ4v) is 2.98. The first kappa shape index (κ1) is 15.2. The number of nitrogens with two attached hydrogens (primary N) is 1. The number of nitrogens with zero attached hydrogens (tertiary/aromatic N) is 1. The van der Waals surface area contributed by atoms with Crippen LogP contribution in [0.1, 0.15) is 12.1 Å². The first-order valence-electron chi connectivity index (χ1n) is 6.37. The van der Waals surface area contributed by atoms with Gasteiger partial charge in [0.15, 0.2) is 15.6 Å². The van der Waals surface area contributed by atoms with Crippen LogP contribution in [0, 0.1) is 0 Å². The second-order valence-corrected chi connectivity index (χ2v) is 7.04. The third-order valence-corrected chi connectivity index (χ3v) is 4.62. The molecule has 7 heteroatoms. The van der Waals surface area contributed by atoms with Gasteiger partial charge in [-0.3, -0.25) is 4.79 Å². The zero-order chi connectivity index (χ0) is 15.5. The molecule has 0 aliphatic carbocycles. The quantitative estimate of drug-likeness (QED) is 0.862. The smallest absolute Gasteiger partial charge is 0.235 e. The Kier molecular flexibility index (Phi) is 4.42. The maximum absolute atomic E-state index is 11.5. The van der Waals surface area contributed by atoms with E-state index in [1.54, 1.807) is 6.07 Å². The first-order valence-corrected chi connectivity index (χ1v) is 8.32. The third-order valence-electron chi connectivity index (χ3n) is 3.11. The highest BCUT2D eigenvalue weighted by Gasteiger charge is 2.26. The summed E-state index contributed by atoms with van der Waals surface area (Å²) in [6, 6.07) is 11.1. The van der Waals surface area contributed by atoms with Crippen molar-refractivity contribution in [2.24, 2.45) is 5.73 Å². The van der Waals surface area contributed by atoms with E-state index in [1.165, 1.54) is 0 Å². The lowest BCUT2D eigenvalue weighted by Crippen LogP contribution is -2.35. The molecule has 0 spiro atoms. The normalized spacial score (nSPS) is 13.0. The summed E-state index contributed by atoms with van der Waals surface area (Å²) in [5.74, 6) is -0.246. The van der Waals surface area contributed by atoms with Gasteiger partial charge >= 0.3 is 0 Å². The van der Waals surface area contributed by atoms with Crippen molar-refractivity contribution >= 4 is 15.7 Å². The third kappa shape index (κ3) is 3.91. The topological polar surface area (TPSA) is 103 Å². The molecule has 0 saturated heterocycles. The molecule has 1 amide bonds. The number of aromatic nitrogens is 1. The zero-order valence-electron chi connectivity index (χ0n) is 11.5. The van der Waals surface area contributed by atoms with E-state index in [0.29, 0.717) is 17.9 Å². The molecule has 6 nitrogen and oxygen atoms in total. The number of primary amides is 1. The van der Waals surface area contributed by atoms with Gasteiger partial charge in [0.1, 0.15) is 5.25 Å². The van der Waals surface area contributed by atoms with Crippen LogP contribution >= 0.6 is 0 Å². The number of hydrogen-bond donors (Lipinski definition) is 1. The van der Waals surface area contributed by atoms with E-state index in [-0.39, 0.29) is 6.42 Å². The number of rotatable bonds is 6. The Morgan fingerprint density at radius 3 is 2.57 bits per heavy atom. The van der Waals surface area contributed by atoms with Gasteiger partial charge in [0.05, 0.1) is 5.69 Å². The number of sulfone groups is 1. The molecule has 2 N–H and O–H groups in total. The van der Waals surface area contributed by atoms with Crippen LogP contribution in [0.5, 0.6) is 0 Å². The second kappa shape index (κ2) is 6.09. The predicted octanol–water partition coefficient (Wildman–Crippen LogP) is 1.17. The van der Waals surface area contributed by atoms with Crippen LogP contribution in [-0.2, 0) is 21.1 Å². The molecular formula is C14H16N2O4S. The molecule has 0 aliphatic heterocycles. The molecule has 1 aromatic carbocycles. The Morgan fingerprint density at radius 2 is 2.00 bits per heavy atom. The Bertz CT molecular complexity index is 722. The minimum Gasteiger partial charge on any atom is -0.369 e. The van der Waals surface area contributed by atoms with Gasteiger partial charge in [0.25, 0.3) is 0 Å². The molecule has 2 rings (SSSR count). The zero-order valence-corrected chi connectivity index (χ0v) is 12.3. The molecule has 0 fully saturated rings. The summed E-state index contributed by atoms with van der Waals surface area (Å²) in [6.07, 6.45) is 1.40. The van der Waals surface area contributed by atoms with Crippen molar-refractivity contribution < 1.29 is 17.7 Å². The minimum atomic E-state index is -3.51. The summed E-state index contributed by atoms with van der Waals surface area (Å²) in [5, 5.41) is 2.68. The first-order chi connectivity index (χ1) is 9.88. The Morgan fingerprint density at radius 1 is 1.33 bits per heavy atom. The van der Waals surface area contributed by atoms with Crippen molar-refractivity contribution in [1.82, 2.24) is 5.16 Å². The van der Waals surface area contributed by atoms with Gasteiger partial charge in [-0.2, -0.15) is 0 Å². The van der Waals surface area contributed by atoms with Crippen LogP contribution in [0.3, 0.4) is 0 Å². The maximum Gasteiger partial charge on any atom is 0.235 e. The fourth-order valence-electron chi connectivity index (χ4n) is 2.01. The average molecular weight is 308 g/mol. The van der Waals surface area contributed by atoms with Crippen LogP contribution in [0.25, 0.3) is 11.3 Å². The van der Waals surface area contributed by atoms with Crippen molar-refractivity contribution in [2.75, 3.05) is 6.26 Å². The largest absolute Gasteiger partial charge is 0.369 e. The Balaban J connectivity index is 2.08. The van der Waals surface area contributed by atoms with Crippen molar-refractivity contribution in [2.45, 2.75) is 18.1 Å². The highest BCUT2D eigenvalue weighted by atomic mass is 32.2. The average Bonchev–Trinajstić information content (AvgIpc) is 2.87. The molecule has 21 heavy (non-hydrogen) atoms. The molecule has 1 aromatic heterocycles. The van der Waals surface area contributed by atoms with E-state index in [1.807, 2.05) is 30.3 Å². The van der Waals surface area contributed by atoms with Crippen molar-refractivity contribution in [3.8, 4) is 11.3 Å². The number of aryl methyl sites for hydroxylation is 1. The van der Waals surface area contributed by atoms with Crippen molar-refractivity contribution in [1.29, 1.82) is 0 Å². The van der Waals surface area contributed by atoms with Crippen LogP contribution in [0.4, 0.5) is 0 Å². The molecule has 2 aromatic rings. The molecule has 0 aliphatic rings. The van der Waals surface area contributed by atoms with Gasteiger partial charge in [-0.25, -0.2) is 8.42 Å². The molecule has 112 valence electrons. The lowest BCUT2D eigenvalue weighted by molar-refractivity contribution is -0.117. The van der Waals surface area contributed by atoms with E-state index < -0.39 is 21.0 Å². The molecule has 0 bridgehead atoms. The monoisotopic (exact) mass is 308 g/mol. The summed E-state index contributed by atoms with van der Waals surface area (Å²) >= 11 is 0. The number of hydrogen-bond acceptors (Lipinski definition) is 5. The summed E-state index contributed by atoms with van der Waals surface area (Å²) in [6.45, 7) is 0. The summed E-state index contributed by atoms with van der Waals surface area (Å²) in [4.78, 5) is 11.2. The van der Waals surface area contributed by atoms with E-state index in [2.05, 4.69) is 5.16 Å². The number of carbonyl (C=O) groups excluding carboxylic acids is 1. The summed E-state index contributed by atoms with van der Waals surface area (Å²) < 4.78 is 28.2. The Hall–Kier alpha value is -2.15. The summed E-state index contributed by atoms with van der Waals surface area (Å²) in [7, 11) is -3.51. The minimum absolute atomic E-state index is 0.0922. The standard InChI is InChI=1S/C14H16N2O4S/c1-21(18,19)13(14(15)17)8-7-11-9-12(20-16-11)10-5-3-2-4-6-10/h2-6,9,13H,7-8H2,1H3,(H2,15,17). The van der Waals surface area contributed by atoms with Crippen LogP contribution in [0.15, 0.2) is 40.9 Å². The van der Waals surface area contributed by atoms with Gasteiger partial charge in [-0.05, 0) is 12.8 Å².